The summed E-state index contributed by atoms with van der Waals surface area (Å²) in [6.45, 7) is 5.29. The van der Waals surface area contributed by atoms with Crippen LogP contribution in [0.2, 0.25) is 0 Å². The lowest BCUT2D eigenvalue weighted by Crippen LogP contribution is -2.31. The molecule has 1 aliphatic rings. The summed E-state index contributed by atoms with van der Waals surface area (Å²) in [5, 5.41) is 0. The zero-order valence-corrected chi connectivity index (χ0v) is 11.8. The fraction of sp³-hybridized carbons (Fsp3) is 0.400. The third-order valence-corrected chi connectivity index (χ3v) is 3.31. The van der Waals surface area contributed by atoms with Crippen molar-refractivity contribution in [2.45, 2.75) is 25.8 Å². The van der Waals surface area contributed by atoms with Gasteiger partial charge in [-0.25, -0.2) is 4.98 Å². The van der Waals surface area contributed by atoms with E-state index in [4.69, 9.17) is 15.2 Å². The van der Waals surface area contributed by atoms with E-state index in [-0.39, 0.29) is 0 Å². The van der Waals surface area contributed by atoms with Gasteiger partial charge < -0.3 is 19.8 Å². The van der Waals surface area contributed by atoms with E-state index in [1.54, 1.807) is 12.5 Å². The van der Waals surface area contributed by atoms with Crippen molar-refractivity contribution in [1.29, 1.82) is 0 Å². The van der Waals surface area contributed by atoms with Crippen LogP contribution in [0.5, 0.6) is 11.5 Å². The second kappa shape index (κ2) is 4.83. The number of nitrogens with two attached hydrogens (primary N) is 1. The van der Waals surface area contributed by atoms with Gasteiger partial charge in [0.2, 0.25) is 0 Å². The molecule has 106 valence electrons. The van der Waals surface area contributed by atoms with E-state index >= 15 is 0 Å². The second-order valence-corrected chi connectivity index (χ2v) is 5.55. The van der Waals surface area contributed by atoms with Crippen molar-refractivity contribution in [3.05, 3.63) is 36.4 Å². The standard InChI is InChI=1S/C15H19N3O2/c1-15(2,16)14-9-17-10-18(14)11-4-5-12-13(8-11)20-7-3-6-19-12/h4-5,8-10H,3,6-7,16H2,1-2H3. The predicted molar refractivity (Wildman–Crippen MR) is 76.4 cm³/mol. The highest BCUT2D eigenvalue weighted by molar-refractivity contribution is 5.50. The number of fused-ring (bicyclic) bond motifs is 1. The molecule has 1 aliphatic heterocycles. The third kappa shape index (κ3) is 2.36. The minimum absolute atomic E-state index is 0.458. The first-order chi connectivity index (χ1) is 9.55. The lowest BCUT2D eigenvalue weighted by atomic mass is 10.0. The molecular formula is C15H19N3O2. The Kier molecular flexibility index (Phi) is 3.14. The summed E-state index contributed by atoms with van der Waals surface area (Å²) in [4.78, 5) is 4.21. The Morgan fingerprint density at radius 1 is 1.20 bits per heavy atom. The number of aromatic nitrogens is 2. The Hall–Kier alpha value is -2.01. The minimum Gasteiger partial charge on any atom is -0.490 e. The highest BCUT2D eigenvalue weighted by Gasteiger charge is 2.20. The first kappa shape index (κ1) is 13.0. The van der Waals surface area contributed by atoms with Crippen molar-refractivity contribution >= 4 is 0 Å². The van der Waals surface area contributed by atoms with Crippen molar-refractivity contribution in [3.8, 4) is 17.2 Å². The van der Waals surface area contributed by atoms with Crippen LogP contribution >= 0.6 is 0 Å². The topological polar surface area (TPSA) is 62.3 Å². The SMILES string of the molecule is CC(C)(N)c1cncn1-c1ccc2c(c1)OCCCO2. The molecule has 2 aromatic rings. The maximum Gasteiger partial charge on any atom is 0.163 e. The molecule has 0 fully saturated rings. The molecule has 0 amide bonds. The highest BCUT2D eigenvalue weighted by Crippen LogP contribution is 2.32. The molecule has 1 aromatic heterocycles. The van der Waals surface area contributed by atoms with Crippen LogP contribution in [0.4, 0.5) is 0 Å². The van der Waals surface area contributed by atoms with Crippen LogP contribution in [0.15, 0.2) is 30.7 Å². The van der Waals surface area contributed by atoms with Crippen LogP contribution in [0.1, 0.15) is 26.0 Å². The number of imidazole rings is 1. The lowest BCUT2D eigenvalue weighted by Gasteiger charge is -2.21. The molecule has 5 heteroatoms. The van der Waals surface area contributed by atoms with Crippen LogP contribution in [0.3, 0.4) is 0 Å². The summed E-state index contributed by atoms with van der Waals surface area (Å²) in [5.41, 5.74) is 7.65. The van der Waals surface area contributed by atoms with Gasteiger partial charge in [-0.1, -0.05) is 0 Å². The van der Waals surface area contributed by atoms with Gasteiger partial charge in [0.15, 0.2) is 11.5 Å². The van der Waals surface area contributed by atoms with E-state index in [0.717, 1.165) is 29.3 Å². The Morgan fingerprint density at radius 3 is 2.70 bits per heavy atom. The molecule has 0 spiro atoms. The maximum atomic E-state index is 6.19. The van der Waals surface area contributed by atoms with Crippen LogP contribution in [-0.2, 0) is 5.54 Å². The van der Waals surface area contributed by atoms with Crippen LogP contribution in [-0.4, -0.2) is 22.8 Å². The summed E-state index contributed by atoms with van der Waals surface area (Å²) in [6, 6.07) is 5.89. The lowest BCUT2D eigenvalue weighted by molar-refractivity contribution is 0.297. The first-order valence-corrected chi connectivity index (χ1v) is 6.77. The van der Waals surface area contributed by atoms with Gasteiger partial charge in [-0.3, -0.25) is 0 Å². The first-order valence-electron chi connectivity index (χ1n) is 6.77. The van der Waals surface area contributed by atoms with Gasteiger partial charge >= 0.3 is 0 Å². The molecule has 2 N–H and O–H groups in total. The minimum atomic E-state index is -0.458. The van der Waals surface area contributed by atoms with E-state index in [2.05, 4.69) is 4.98 Å². The molecule has 1 aromatic carbocycles. The molecule has 0 aliphatic carbocycles. The quantitative estimate of drug-likeness (QED) is 0.911. The number of benzene rings is 1. The second-order valence-electron chi connectivity index (χ2n) is 5.55. The van der Waals surface area contributed by atoms with E-state index in [1.165, 1.54) is 0 Å². The molecule has 20 heavy (non-hydrogen) atoms. The van der Waals surface area contributed by atoms with E-state index in [9.17, 15) is 0 Å². The van der Waals surface area contributed by atoms with Gasteiger partial charge in [-0.05, 0) is 26.0 Å². The van der Waals surface area contributed by atoms with E-state index < -0.39 is 5.54 Å². The number of hydrogen-bond donors (Lipinski definition) is 1. The molecule has 5 nitrogen and oxygen atoms in total. The molecule has 0 unspecified atom stereocenters. The molecule has 0 saturated heterocycles. The summed E-state index contributed by atoms with van der Waals surface area (Å²) < 4.78 is 13.3. The van der Waals surface area contributed by atoms with Crippen LogP contribution < -0.4 is 15.2 Å². The van der Waals surface area contributed by atoms with Crippen molar-refractivity contribution in [2.24, 2.45) is 5.73 Å². The average Bonchev–Trinajstić information content (AvgIpc) is 2.78. The Balaban J connectivity index is 2.03. The molecule has 0 saturated carbocycles. The molecule has 3 rings (SSSR count). The van der Waals surface area contributed by atoms with E-state index in [1.807, 2.05) is 36.6 Å². The molecular weight excluding hydrogens is 254 g/mol. The van der Waals surface area contributed by atoms with Crippen molar-refractivity contribution in [1.82, 2.24) is 9.55 Å². The Labute approximate surface area is 118 Å². The number of rotatable bonds is 2. The van der Waals surface area contributed by atoms with E-state index in [0.29, 0.717) is 13.2 Å². The Bertz CT molecular complexity index is 614. The average molecular weight is 273 g/mol. The van der Waals surface area contributed by atoms with Crippen LogP contribution in [0, 0.1) is 0 Å². The fourth-order valence-corrected chi connectivity index (χ4v) is 2.28. The van der Waals surface area contributed by atoms with Gasteiger partial charge in [0.1, 0.15) is 0 Å². The summed E-state index contributed by atoms with van der Waals surface area (Å²) in [6.07, 6.45) is 4.46. The summed E-state index contributed by atoms with van der Waals surface area (Å²) in [5.74, 6) is 1.56. The van der Waals surface area contributed by atoms with Crippen molar-refractivity contribution in [2.75, 3.05) is 13.2 Å². The highest BCUT2D eigenvalue weighted by atomic mass is 16.5. The zero-order valence-electron chi connectivity index (χ0n) is 11.8. The number of ether oxygens (including phenoxy) is 2. The molecule has 0 atom stereocenters. The molecule has 0 radical (unpaired) electrons. The van der Waals surface area contributed by atoms with Gasteiger partial charge in [-0.2, -0.15) is 0 Å². The maximum absolute atomic E-state index is 6.19. The van der Waals surface area contributed by atoms with Gasteiger partial charge in [0.05, 0.1) is 42.7 Å². The molecule has 2 heterocycles. The fourth-order valence-electron chi connectivity index (χ4n) is 2.28. The third-order valence-electron chi connectivity index (χ3n) is 3.31. The van der Waals surface area contributed by atoms with Crippen molar-refractivity contribution < 1.29 is 9.47 Å². The Morgan fingerprint density at radius 2 is 1.95 bits per heavy atom. The number of nitrogens with zero attached hydrogens (tertiary/aromatic N) is 2. The van der Waals surface area contributed by atoms with Gasteiger partial charge in [-0.15, -0.1) is 0 Å². The van der Waals surface area contributed by atoms with Gasteiger partial charge in [0, 0.05) is 12.5 Å². The zero-order chi connectivity index (χ0) is 14.2. The van der Waals surface area contributed by atoms with Crippen LogP contribution in [0.25, 0.3) is 5.69 Å². The van der Waals surface area contributed by atoms with Gasteiger partial charge in [0.25, 0.3) is 0 Å². The van der Waals surface area contributed by atoms with Crippen molar-refractivity contribution in [3.63, 3.8) is 0 Å². The summed E-state index contributed by atoms with van der Waals surface area (Å²) >= 11 is 0. The smallest absolute Gasteiger partial charge is 0.163 e. The monoisotopic (exact) mass is 273 g/mol. The molecule has 0 bridgehead atoms. The largest absolute Gasteiger partial charge is 0.490 e. The predicted octanol–water partition coefficient (Wildman–Crippen LogP) is 2.23. The summed E-state index contributed by atoms with van der Waals surface area (Å²) in [7, 11) is 0. The number of hydrogen-bond acceptors (Lipinski definition) is 4. The normalized spacial score (nSPS) is 14.9.